The van der Waals surface area contributed by atoms with E-state index in [-0.39, 0.29) is 0 Å². The average Bonchev–Trinajstić information content (AvgIpc) is 2.94. The van der Waals surface area contributed by atoms with Crippen molar-refractivity contribution in [2.24, 2.45) is 0 Å². The zero-order valence-corrected chi connectivity index (χ0v) is 13.8. The molecule has 0 saturated heterocycles. The molecule has 0 aliphatic heterocycles. The van der Waals surface area contributed by atoms with Crippen LogP contribution < -0.4 is 0 Å². The number of hydrogen-bond donors (Lipinski definition) is 0. The fourth-order valence-electron chi connectivity index (χ4n) is 3.25. The standard InChI is InChI=1S/C22H20N2/c1-17-23-22-20(15-18-9-4-2-5-10-18)13-8-14-21(22)24(17)16-19-11-6-3-7-12-19/h2-14H,15-16H2,1H3. The molecule has 0 aliphatic carbocycles. The smallest absolute Gasteiger partial charge is 0.107 e. The monoisotopic (exact) mass is 312 g/mol. The van der Waals surface area contributed by atoms with Crippen molar-refractivity contribution in [1.82, 2.24) is 9.55 Å². The molecule has 0 atom stereocenters. The van der Waals surface area contributed by atoms with Gasteiger partial charge in [-0.05, 0) is 36.1 Å². The minimum atomic E-state index is 0.859. The Hall–Kier alpha value is -2.87. The Morgan fingerprint density at radius 2 is 1.42 bits per heavy atom. The number of para-hydroxylation sites is 1. The molecule has 0 aliphatic rings. The minimum absolute atomic E-state index is 0.859. The van der Waals surface area contributed by atoms with Crippen molar-refractivity contribution in [3.05, 3.63) is 101 Å². The highest BCUT2D eigenvalue weighted by atomic mass is 15.1. The molecular formula is C22H20N2. The molecule has 0 amide bonds. The molecule has 24 heavy (non-hydrogen) atoms. The second-order valence-electron chi connectivity index (χ2n) is 6.18. The summed E-state index contributed by atoms with van der Waals surface area (Å²) in [4.78, 5) is 4.87. The summed E-state index contributed by atoms with van der Waals surface area (Å²) in [5.41, 5.74) is 6.24. The van der Waals surface area contributed by atoms with E-state index in [1.807, 2.05) is 0 Å². The highest BCUT2D eigenvalue weighted by Crippen LogP contribution is 2.23. The van der Waals surface area contributed by atoms with Crippen LogP contribution in [0.2, 0.25) is 0 Å². The van der Waals surface area contributed by atoms with Crippen LogP contribution in [0.5, 0.6) is 0 Å². The summed E-state index contributed by atoms with van der Waals surface area (Å²) in [7, 11) is 0. The fraction of sp³-hybridized carbons (Fsp3) is 0.136. The molecule has 4 rings (SSSR count). The van der Waals surface area contributed by atoms with Crippen LogP contribution in [0.4, 0.5) is 0 Å². The summed E-state index contributed by atoms with van der Waals surface area (Å²) in [6.07, 6.45) is 0.917. The molecule has 0 spiro atoms. The van der Waals surface area contributed by atoms with E-state index in [9.17, 15) is 0 Å². The topological polar surface area (TPSA) is 17.8 Å². The number of nitrogens with zero attached hydrogens (tertiary/aromatic N) is 2. The van der Waals surface area contributed by atoms with Gasteiger partial charge >= 0.3 is 0 Å². The van der Waals surface area contributed by atoms with Crippen LogP contribution in [0.1, 0.15) is 22.5 Å². The van der Waals surface area contributed by atoms with Gasteiger partial charge in [-0.2, -0.15) is 0 Å². The predicted octanol–water partition coefficient (Wildman–Crippen LogP) is 4.98. The first kappa shape index (κ1) is 14.7. The third kappa shape index (κ3) is 2.83. The summed E-state index contributed by atoms with van der Waals surface area (Å²) in [5.74, 6) is 1.06. The third-order valence-electron chi connectivity index (χ3n) is 4.47. The molecule has 4 aromatic rings. The van der Waals surface area contributed by atoms with Crippen molar-refractivity contribution in [2.45, 2.75) is 19.9 Å². The lowest BCUT2D eigenvalue weighted by Gasteiger charge is -2.08. The Balaban J connectivity index is 1.75. The molecule has 0 unspecified atom stereocenters. The molecular weight excluding hydrogens is 292 g/mol. The van der Waals surface area contributed by atoms with Crippen molar-refractivity contribution >= 4 is 11.0 Å². The Labute approximate surface area is 142 Å². The third-order valence-corrected chi connectivity index (χ3v) is 4.47. The predicted molar refractivity (Wildman–Crippen MR) is 99.3 cm³/mol. The molecule has 2 nitrogen and oxygen atoms in total. The molecule has 118 valence electrons. The molecule has 0 N–H and O–H groups in total. The van der Waals surface area contributed by atoms with Gasteiger partial charge in [-0.1, -0.05) is 72.8 Å². The summed E-state index contributed by atoms with van der Waals surface area (Å²) < 4.78 is 2.30. The number of aromatic nitrogens is 2. The van der Waals surface area contributed by atoms with Crippen LogP contribution in [0, 0.1) is 6.92 Å². The second-order valence-corrected chi connectivity index (χ2v) is 6.18. The lowest BCUT2D eigenvalue weighted by atomic mass is 10.0. The second kappa shape index (κ2) is 6.32. The van der Waals surface area contributed by atoms with E-state index in [0.29, 0.717) is 0 Å². The summed E-state index contributed by atoms with van der Waals surface area (Å²) in [6.45, 7) is 2.95. The van der Waals surface area contributed by atoms with E-state index in [1.165, 1.54) is 22.2 Å². The fourth-order valence-corrected chi connectivity index (χ4v) is 3.25. The van der Waals surface area contributed by atoms with Crippen molar-refractivity contribution < 1.29 is 0 Å². The van der Waals surface area contributed by atoms with Gasteiger partial charge in [0, 0.05) is 6.54 Å². The normalized spacial score (nSPS) is 11.0. The van der Waals surface area contributed by atoms with Gasteiger partial charge in [0.2, 0.25) is 0 Å². The van der Waals surface area contributed by atoms with E-state index in [1.54, 1.807) is 0 Å². The molecule has 0 bridgehead atoms. The lowest BCUT2D eigenvalue weighted by molar-refractivity contribution is 0.786. The van der Waals surface area contributed by atoms with Crippen LogP contribution in [0.3, 0.4) is 0 Å². The quantitative estimate of drug-likeness (QED) is 0.519. The first-order valence-electron chi connectivity index (χ1n) is 8.34. The van der Waals surface area contributed by atoms with Crippen molar-refractivity contribution in [2.75, 3.05) is 0 Å². The molecule has 3 aromatic carbocycles. The molecule has 0 saturated carbocycles. The first-order chi connectivity index (χ1) is 11.8. The van der Waals surface area contributed by atoms with Crippen LogP contribution in [-0.2, 0) is 13.0 Å². The zero-order chi connectivity index (χ0) is 16.4. The Kier molecular flexibility index (Phi) is 3.87. The van der Waals surface area contributed by atoms with Crippen LogP contribution >= 0.6 is 0 Å². The number of hydrogen-bond acceptors (Lipinski definition) is 1. The van der Waals surface area contributed by atoms with Gasteiger partial charge in [0.25, 0.3) is 0 Å². The molecule has 1 aromatic heterocycles. The van der Waals surface area contributed by atoms with Gasteiger partial charge in [-0.15, -0.1) is 0 Å². The highest BCUT2D eigenvalue weighted by Gasteiger charge is 2.11. The summed E-state index contributed by atoms with van der Waals surface area (Å²) in [6, 6.07) is 27.7. The van der Waals surface area contributed by atoms with Crippen molar-refractivity contribution in [3.8, 4) is 0 Å². The summed E-state index contributed by atoms with van der Waals surface area (Å²) in [5, 5.41) is 0. The van der Waals surface area contributed by atoms with Crippen LogP contribution in [-0.4, -0.2) is 9.55 Å². The lowest BCUT2D eigenvalue weighted by Crippen LogP contribution is -2.01. The zero-order valence-electron chi connectivity index (χ0n) is 13.8. The molecule has 2 heteroatoms. The number of imidazole rings is 1. The Bertz CT molecular complexity index is 953. The van der Waals surface area contributed by atoms with E-state index in [0.717, 1.165) is 24.3 Å². The van der Waals surface area contributed by atoms with E-state index in [4.69, 9.17) is 4.98 Å². The maximum Gasteiger partial charge on any atom is 0.107 e. The Morgan fingerprint density at radius 3 is 2.12 bits per heavy atom. The first-order valence-corrected chi connectivity index (χ1v) is 8.34. The maximum absolute atomic E-state index is 4.87. The van der Waals surface area contributed by atoms with Gasteiger partial charge in [-0.3, -0.25) is 0 Å². The van der Waals surface area contributed by atoms with Gasteiger partial charge in [0.1, 0.15) is 5.82 Å². The maximum atomic E-state index is 4.87. The van der Waals surface area contributed by atoms with Gasteiger partial charge in [0.05, 0.1) is 11.0 Å². The van der Waals surface area contributed by atoms with Crippen molar-refractivity contribution in [1.29, 1.82) is 0 Å². The largest absolute Gasteiger partial charge is 0.324 e. The van der Waals surface area contributed by atoms with E-state index >= 15 is 0 Å². The van der Waals surface area contributed by atoms with Crippen molar-refractivity contribution in [3.63, 3.8) is 0 Å². The van der Waals surface area contributed by atoms with E-state index < -0.39 is 0 Å². The summed E-state index contributed by atoms with van der Waals surface area (Å²) >= 11 is 0. The Morgan fingerprint density at radius 1 is 0.750 bits per heavy atom. The number of aryl methyl sites for hydroxylation is 1. The average molecular weight is 312 g/mol. The van der Waals surface area contributed by atoms with Crippen LogP contribution in [0.25, 0.3) is 11.0 Å². The van der Waals surface area contributed by atoms with E-state index in [2.05, 4.69) is 90.4 Å². The van der Waals surface area contributed by atoms with Gasteiger partial charge < -0.3 is 4.57 Å². The van der Waals surface area contributed by atoms with Crippen LogP contribution in [0.15, 0.2) is 78.9 Å². The SMILES string of the molecule is Cc1nc2c(Cc3ccccc3)cccc2n1Cc1ccccc1. The number of benzene rings is 3. The molecule has 0 radical (unpaired) electrons. The minimum Gasteiger partial charge on any atom is -0.324 e. The van der Waals surface area contributed by atoms with Gasteiger partial charge in [0.15, 0.2) is 0 Å². The van der Waals surface area contributed by atoms with Gasteiger partial charge in [-0.25, -0.2) is 4.98 Å². The highest BCUT2D eigenvalue weighted by molar-refractivity contribution is 5.80. The number of rotatable bonds is 4. The molecule has 1 heterocycles. The number of fused-ring (bicyclic) bond motifs is 1. The molecule has 0 fully saturated rings.